The summed E-state index contributed by atoms with van der Waals surface area (Å²) in [5.74, 6) is 1.63. The molecule has 2 rings (SSSR count). The first-order valence-electron chi connectivity index (χ1n) is 5.86. The maximum Gasteiger partial charge on any atom is 0.169 e. The second-order valence-electron chi connectivity index (χ2n) is 4.35. The zero-order valence-corrected chi connectivity index (χ0v) is 11.8. The predicted molar refractivity (Wildman–Crippen MR) is 75.8 cm³/mol. The quantitative estimate of drug-likeness (QED) is 0.903. The summed E-state index contributed by atoms with van der Waals surface area (Å²) in [5, 5.41) is 7.15. The van der Waals surface area contributed by atoms with E-state index in [0.29, 0.717) is 22.3 Å². The van der Waals surface area contributed by atoms with Crippen LogP contribution in [0.15, 0.2) is 18.3 Å². The second-order valence-corrected chi connectivity index (χ2v) is 4.79. The van der Waals surface area contributed by atoms with E-state index in [-0.39, 0.29) is 6.10 Å². The van der Waals surface area contributed by atoms with Crippen LogP contribution in [0.3, 0.4) is 0 Å². The minimum Gasteiger partial charge on any atom is -0.493 e. The number of methoxy groups -OCH3 is 1. The SMILES string of the molecule is COc1cc(Cl)cc(-c2cn[nH]c2N)c1OC(C)C. The van der Waals surface area contributed by atoms with Gasteiger partial charge in [0.05, 0.1) is 19.4 Å². The normalized spacial score (nSPS) is 10.8. The average Bonchev–Trinajstić information content (AvgIpc) is 2.76. The molecule has 0 saturated carbocycles. The minimum absolute atomic E-state index is 0.00181. The molecule has 0 radical (unpaired) electrons. The van der Waals surface area contributed by atoms with Gasteiger partial charge in [-0.05, 0) is 19.9 Å². The molecule has 0 aliphatic carbocycles. The van der Waals surface area contributed by atoms with Crippen molar-refractivity contribution in [2.75, 3.05) is 12.8 Å². The van der Waals surface area contributed by atoms with E-state index >= 15 is 0 Å². The van der Waals surface area contributed by atoms with Gasteiger partial charge in [-0.1, -0.05) is 11.6 Å². The molecule has 0 atom stereocenters. The third kappa shape index (κ3) is 2.76. The molecule has 0 saturated heterocycles. The van der Waals surface area contributed by atoms with E-state index < -0.39 is 0 Å². The second kappa shape index (κ2) is 5.40. The molecule has 0 aliphatic heterocycles. The lowest BCUT2D eigenvalue weighted by Gasteiger charge is -2.17. The molecule has 2 aromatic rings. The van der Waals surface area contributed by atoms with Gasteiger partial charge < -0.3 is 15.2 Å². The molecule has 0 unspecified atom stereocenters. The van der Waals surface area contributed by atoms with Crippen molar-refractivity contribution < 1.29 is 9.47 Å². The van der Waals surface area contributed by atoms with Crippen LogP contribution in [0.2, 0.25) is 5.02 Å². The Morgan fingerprint density at radius 2 is 2.05 bits per heavy atom. The fourth-order valence-electron chi connectivity index (χ4n) is 1.79. The van der Waals surface area contributed by atoms with E-state index in [0.717, 1.165) is 11.1 Å². The average molecular weight is 282 g/mol. The summed E-state index contributed by atoms with van der Waals surface area (Å²) in [5.41, 5.74) is 7.34. The van der Waals surface area contributed by atoms with Crippen LogP contribution >= 0.6 is 11.6 Å². The van der Waals surface area contributed by atoms with E-state index in [9.17, 15) is 0 Å². The third-order valence-electron chi connectivity index (χ3n) is 2.55. The number of nitrogens with zero attached hydrogens (tertiary/aromatic N) is 1. The Labute approximate surface area is 116 Å². The largest absolute Gasteiger partial charge is 0.493 e. The van der Waals surface area contributed by atoms with Gasteiger partial charge in [0.25, 0.3) is 0 Å². The van der Waals surface area contributed by atoms with Gasteiger partial charge in [0.1, 0.15) is 5.82 Å². The Hall–Kier alpha value is -1.88. The number of rotatable bonds is 4. The Kier molecular flexibility index (Phi) is 3.85. The number of halogens is 1. The summed E-state index contributed by atoms with van der Waals surface area (Å²) in [6.07, 6.45) is 1.63. The minimum atomic E-state index is 0.00181. The van der Waals surface area contributed by atoms with Gasteiger partial charge in [0, 0.05) is 22.2 Å². The number of aromatic nitrogens is 2. The molecule has 0 fully saturated rings. The van der Waals surface area contributed by atoms with Gasteiger partial charge in [-0.3, -0.25) is 5.10 Å². The fraction of sp³-hybridized carbons (Fsp3) is 0.308. The molecule has 0 amide bonds. The van der Waals surface area contributed by atoms with Crippen molar-refractivity contribution in [1.29, 1.82) is 0 Å². The topological polar surface area (TPSA) is 73.2 Å². The highest BCUT2D eigenvalue weighted by molar-refractivity contribution is 6.31. The Balaban J connectivity index is 2.63. The number of nitrogens with one attached hydrogen (secondary N) is 1. The Morgan fingerprint density at radius 3 is 2.58 bits per heavy atom. The molecular weight excluding hydrogens is 266 g/mol. The van der Waals surface area contributed by atoms with E-state index in [1.165, 1.54) is 0 Å². The molecule has 3 N–H and O–H groups in total. The number of nitrogen functional groups attached to an aromatic ring is 1. The monoisotopic (exact) mass is 281 g/mol. The molecule has 0 bridgehead atoms. The molecule has 1 aromatic carbocycles. The fourth-order valence-corrected chi connectivity index (χ4v) is 2.00. The lowest BCUT2D eigenvalue weighted by molar-refractivity contribution is 0.231. The van der Waals surface area contributed by atoms with Crippen molar-refractivity contribution in [3.8, 4) is 22.6 Å². The number of hydrogen-bond donors (Lipinski definition) is 2. The van der Waals surface area contributed by atoms with Crippen LogP contribution in [0.25, 0.3) is 11.1 Å². The molecule has 0 spiro atoms. The molecular formula is C13H16ClN3O2. The molecule has 1 heterocycles. The summed E-state index contributed by atoms with van der Waals surface area (Å²) in [4.78, 5) is 0. The molecule has 5 nitrogen and oxygen atoms in total. The first-order chi connectivity index (χ1) is 9.02. The molecule has 0 aliphatic rings. The number of benzene rings is 1. The summed E-state index contributed by atoms with van der Waals surface area (Å²) in [7, 11) is 1.57. The Morgan fingerprint density at radius 1 is 1.32 bits per heavy atom. The van der Waals surface area contributed by atoms with Crippen LogP contribution in [-0.2, 0) is 0 Å². The number of H-pyrrole nitrogens is 1. The van der Waals surface area contributed by atoms with Crippen LogP contribution in [0.1, 0.15) is 13.8 Å². The molecule has 102 valence electrons. The van der Waals surface area contributed by atoms with Crippen LogP contribution < -0.4 is 15.2 Å². The van der Waals surface area contributed by atoms with Crippen molar-refractivity contribution in [3.63, 3.8) is 0 Å². The maximum atomic E-state index is 6.10. The van der Waals surface area contributed by atoms with Gasteiger partial charge in [-0.25, -0.2) is 0 Å². The first kappa shape index (κ1) is 13.5. The van der Waals surface area contributed by atoms with E-state index in [4.69, 9.17) is 26.8 Å². The van der Waals surface area contributed by atoms with E-state index in [1.807, 2.05) is 13.8 Å². The standard InChI is InChI=1S/C13H16ClN3O2/c1-7(2)19-12-9(10-6-16-17-13(10)15)4-8(14)5-11(12)18-3/h4-7H,1-3H3,(H3,15,16,17). The van der Waals surface area contributed by atoms with Gasteiger partial charge in [-0.15, -0.1) is 0 Å². The lowest BCUT2D eigenvalue weighted by Crippen LogP contribution is -2.08. The Bertz CT molecular complexity index is 581. The number of aromatic amines is 1. The molecule has 6 heteroatoms. The van der Waals surface area contributed by atoms with Crippen molar-refractivity contribution in [1.82, 2.24) is 10.2 Å². The van der Waals surface area contributed by atoms with Crippen LogP contribution in [0.4, 0.5) is 5.82 Å². The van der Waals surface area contributed by atoms with E-state index in [1.54, 1.807) is 25.4 Å². The highest BCUT2D eigenvalue weighted by Crippen LogP contribution is 2.42. The van der Waals surface area contributed by atoms with Crippen molar-refractivity contribution in [3.05, 3.63) is 23.4 Å². The van der Waals surface area contributed by atoms with Gasteiger partial charge >= 0.3 is 0 Å². The van der Waals surface area contributed by atoms with Crippen molar-refractivity contribution >= 4 is 17.4 Å². The van der Waals surface area contributed by atoms with Crippen molar-refractivity contribution in [2.24, 2.45) is 0 Å². The van der Waals surface area contributed by atoms with E-state index in [2.05, 4.69) is 10.2 Å². The highest BCUT2D eigenvalue weighted by Gasteiger charge is 2.18. The van der Waals surface area contributed by atoms with Crippen LogP contribution in [0.5, 0.6) is 11.5 Å². The molecule has 1 aromatic heterocycles. The summed E-state index contributed by atoms with van der Waals surface area (Å²) in [6.45, 7) is 3.88. The zero-order chi connectivity index (χ0) is 14.0. The summed E-state index contributed by atoms with van der Waals surface area (Å²) in [6, 6.07) is 3.49. The molecule has 19 heavy (non-hydrogen) atoms. The summed E-state index contributed by atoms with van der Waals surface area (Å²) >= 11 is 6.10. The smallest absolute Gasteiger partial charge is 0.169 e. The number of nitrogens with two attached hydrogens (primary N) is 1. The lowest BCUT2D eigenvalue weighted by atomic mass is 10.1. The number of anilines is 1. The number of hydrogen-bond acceptors (Lipinski definition) is 4. The maximum absolute atomic E-state index is 6.10. The van der Waals surface area contributed by atoms with Crippen LogP contribution in [-0.4, -0.2) is 23.4 Å². The third-order valence-corrected chi connectivity index (χ3v) is 2.77. The van der Waals surface area contributed by atoms with Crippen molar-refractivity contribution in [2.45, 2.75) is 20.0 Å². The predicted octanol–water partition coefficient (Wildman–Crippen LogP) is 3.11. The summed E-state index contributed by atoms with van der Waals surface area (Å²) < 4.78 is 11.1. The first-order valence-corrected chi connectivity index (χ1v) is 6.24. The van der Waals surface area contributed by atoms with Gasteiger partial charge in [0.2, 0.25) is 0 Å². The van der Waals surface area contributed by atoms with Gasteiger partial charge in [-0.2, -0.15) is 5.10 Å². The highest BCUT2D eigenvalue weighted by atomic mass is 35.5. The number of ether oxygens (including phenoxy) is 2. The van der Waals surface area contributed by atoms with Gasteiger partial charge in [0.15, 0.2) is 11.5 Å². The van der Waals surface area contributed by atoms with Crippen LogP contribution in [0, 0.1) is 0 Å². The zero-order valence-electron chi connectivity index (χ0n) is 11.0.